The fourth-order valence-electron chi connectivity index (χ4n) is 2.59. The Morgan fingerprint density at radius 3 is 2.55 bits per heavy atom. The Morgan fingerprint density at radius 1 is 1.05 bits per heavy atom. The lowest BCUT2D eigenvalue weighted by Crippen LogP contribution is -2.15. The fourth-order valence-corrected chi connectivity index (χ4v) is 2.59. The summed E-state index contributed by atoms with van der Waals surface area (Å²) in [5, 5.41) is 0.695. The van der Waals surface area contributed by atoms with Gasteiger partial charge in [0.2, 0.25) is 0 Å². The molecule has 0 aliphatic rings. The van der Waals surface area contributed by atoms with Gasteiger partial charge in [-0.25, -0.2) is 0 Å². The molecule has 0 amide bonds. The Labute approximate surface area is 117 Å². The van der Waals surface area contributed by atoms with E-state index >= 15 is 0 Å². The van der Waals surface area contributed by atoms with Crippen LogP contribution in [0.5, 0.6) is 0 Å². The molecule has 3 heteroatoms. The molecule has 2 N–H and O–H groups in total. The molecule has 0 atom stereocenters. The first kappa shape index (κ1) is 12.5. The van der Waals surface area contributed by atoms with E-state index in [0.29, 0.717) is 16.8 Å². The lowest BCUT2D eigenvalue weighted by atomic mass is 10.0. The van der Waals surface area contributed by atoms with Gasteiger partial charge in [0.05, 0.1) is 11.1 Å². The third-order valence-electron chi connectivity index (χ3n) is 3.66. The van der Waals surface area contributed by atoms with Gasteiger partial charge in [-0.2, -0.15) is 0 Å². The van der Waals surface area contributed by atoms with Crippen LogP contribution in [0.1, 0.15) is 5.56 Å². The van der Waals surface area contributed by atoms with Crippen molar-refractivity contribution in [1.29, 1.82) is 0 Å². The van der Waals surface area contributed by atoms with Crippen LogP contribution in [0.25, 0.3) is 22.0 Å². The third kappa shape index (κ3) is 1.79. The van der Waals surface area contributed by atoms with E-state index in [-0.39, 0.29) is 5.43 Å². The van der Waals surface area contributed by atoms with Crippen LogP contribution in [0.3, 0.4) is 0 Å². The van der Waals surface area contributed by atoms with E-state index in [2.05, 4.69) is 0 Å². The van der Waals surface area contributed by atoms with Crippen molar-refractivity contribution in [3.63, 3.8) is 0 Å². The molecule has 0 fully saturated rings. The second-order valence-corrected chi connectivity index (χ2v) is 5.04. The zero-order valence-electron chi connectivity index (χ0n) is 11.6. The summed E-state index contributed by atoms with van der Waals surface area (Å²) in [5.74, 6) is 0.499. The molecule has 0 aliphatic heterocycles. The van der Waals surface area contributed by atoms with E-state index in [1.165, 1.54) is 0 Å². The number of nitrogens with zero attached hydrogens (tertiary/aromatic N) is 1. The first-order chi connectivity index (χ1) is 9.59. The summed E-state index contributed by atoms with van der Waals surface area (Å²) in [6, 6.07) is 15.4. The van der Waals surface area contributed by atoms with Crippen LogP contribution < -0.4 is 11.2 Å². The van der Waals surface area contributed by atoms with E-state index in [4.69, 9.17) is 5.73 Å². The number of para-hydroxylation sites is 1. The minimum Gasteiger partial charge on any atom is -0.384 e. The van der Waals surface area contributed by atoms with Gasteiger partial charge in [0.1, 0.15) is 5.82 Å². The van der Waals surface area contributed by atoms with Crippen molar-refractivity contribution in [3.8, 4) is 11.1 Å². The zero-order chi connectivity index (χ0) is 14.3. The number of hydrogen-bond donors (Lipinski definition) is 1. The minimum absolute atomic E-state index is 0.0122. The van der Waals surface area contributed by atoms with Crippen LogP contribution in [-0.2, 0) is 7.05 Å². The number of aryl methyl sites for hydroxylation is 2. The molecule has 0 saturated carbocycles. The van der Waals surface area contributed by atoms with Gasteiger partial charge in [-0.15, -0.1) is 0 Å². The summed E-state index contributed by atoms with van der Waals surface area (Å²) in [6.07, 6.45) is 0. The highest BCUT2D eigenvalue weighted by Crippen LogP contribution is 2.26. The lowest BCUT2D eigenvalue weighted by Gasteiger charge is -2.14. The van der Waals surface area contributed by atoms with Crippen molar-refractivity contribution in [1.82, 2.24) is 4.57 Å². The van der Waals surface area contributed by atoms with Gasteiger partial charge in [-0.3, -0.25) is 4.79 Å². The number of fused-ring (bicyclic) bond motifs is 1. The summed E-state index contributed by atoms with van der Waals surface area (Å²) in [5.41, 5.74) is 9.59. The molecule has 1 aromatic heterocycles. The van der Waals surface area contributed by atoms with Crippen LogP contribution in [-0.4, -0.2) is 4.57 Å². The highest BCUT2D eigenvalue weighted by Gasteiger charge is 2.14. The van der Waals surface area contributed by atoms with E-state index < -0.39 is 0 Å². The molecular weight excluding hydrogens is 248 g/mol. The predicted molar refractivity (Wildman–Crippen MR) is 83.8 cm³/mol. The Morgan fingerprint density at radius 2 is 1.80 bits per heavy atom. The molecule has 3 rings (SSSR count). The van der Waals surface area contributed by atoms with Crippen molar-refractivity contribution in [2.45, 2.75) is 6.92 Å². The van der Waals surface area contributed by atoms with Crippen molar-refractivity contribution >= 4 is 16.7 Å². The number of hydrogen-bond acceptors (Lipinski definition) is 2. The predicted octanol–water partition coefficient (Wildman–Crippen LogP) is 3.10. The lowest BCUT2D eigenvalue weighted by molar-refractivity contribution is 0.967. The molecule has 2 aromatic carbocycles. The van der Waals surface area contributed by atoms with Crippen LogP contribution in [0.2, 0.25) is 0 Å². The highest BCUT2D eigenvalue weighted by molar-refractivity contribution is 5.89. The summed E-state index contributed by atoms with van der Waals surface area (Å²) in [7, 11) is 1.89. The van der Waals surface area contributed by atoms with Gasteiger partial charge in [-0.1, -0.05) is 42.0 Å². The number of pyridine rings is 1. The Balaban J connectivity index is 2.46. The first-order valence-corrected chi connectivity index (χ1v) is 6.54. The third-order valence-corrected chi connectivity index (χ3v) is 3.66. The van der Waals surface area contributed by atoms with Crippen LogP contribution in [0.4, 0.5) is 5.82 Å². The van der Waals surface area contributed by atoms with E-state index in [9.17, 15) is 4.79 Å². The van der Waals surface area contributed by atoms with E-state index in [0.717, 1.165) is 16.6 Å². The molecule has 0 unspecified atom stereocenters. The van der Waals surface area contributed by atoms with Gasteiger partial charge in [-0.05, 0) is 24.6 Å². The fraction of sp³-hybridized carbons (Fsp3) is 0.118. The molecule has 3 nitrogen and oxygen atoms in total. The zero-order valence-corrected chi connectivity index (χ0v) is 11.6. The number of rotatable bonds is 1. The molecule has 0 saturated heterocycles. The normalized spacial score (nSPS) is 10.9. The van der Waals surface area contributed by atoms with Gasteiger partial charge in [0.25, 0.3) is 0 Å². The van der Waals surface area contributed by atoms with Crippen LogP contribution in [0, 0.1) is 6.92 Å². The number of aromatic nitrogens is 1. The SMILES string of the molecule is Cc1cccc(-c2c(N)n(C)c3ccccc3c2=O)c1. The van der Waals surface area contributed by atoms with Crippen molar-refractivity contribution < 1.29 is 0 Å². The first-order valence-electron chi connectivity index (χ1n) is 6.54. The molecule has 100 valence electrons. The summed E-state index contributed by atoms with van der Waals surface area (Å²) in [4.78, 5) is 12.7. The number of nitrogen functional groups attached to an aromatic ring is 1. The molecule has 20 heavy (non-hydrogen) atoms. The Kier molecular flexibility index (Phi) is 2.83. The Hall–Kier alpha value is -2.55. The standard InChI is InChI=1S/C17H16N2O/c1-11-6-5-7-12(10-11)15-16(20)13-8-3-4-9-14(13)19(2)17(15)18/h3-10H,18H2,1-2H3. The molecule has 0 aliphatic carbocycles. The monoisotopic (exact) mass is 264 g/mol. The average Bonchev–Trinajstić information content (AvgIpc) is 2.45. The largest absolute Gasteiger partial charge is 0.384 e. The smallest absolute Gasteiger partial charge is 0.199 e. The molecule has 0 radical (unpaired) electrons. The number of benzene rings is 2. The van der Waals surface area contributed by atoms with Crippen LogP contribution >= 0.6 is 0 Å². The van der Waals surface area contributed by atoms with E-state index in [1.54, 1.807) is 0 Å². The topological polar surface area (TPSA) is 48.0 Å². The maximum Gasteiger partial charge on any atom is 0.199 e. The van der Waals surface area contributed by atoms with Crippen molar-refractivity contribution in [2.24, 2.45) is 7.05 Å². The maximum atomic E-state index is 12.7. The Bertz CT molecular complexity index is 862. The number of nitrogens with two attached hydrogens (primary N) is 1. The second kappa shape index (κ2) is 4.53. The molecule has 0 spiro atoms. The summed E-state index contributed by atoms with van der Waals surface area (Å²) >= 11 is 0. The summed E-state index contributed by atoms with van der Waals surface area (Å²) in [6.45, 7) is 2.01. The van der Waals surface area contributed by atoms with Crippen LogP contribution in [0.15, 0.2) is 53.3 Å². The van der Waals surface area contributed by atoms with Crippen molar-refractivity contribution in [3.05, 3.63) is 64.3 Å². The molecular formula is C17H16N2O. The van der Waals surface area contributed by atoms with Crippen molar-refractivity contribution in [2.75, 3.05) is 5.73 Å². The molecule has 3 aromatic rings. The van der Waals surface area contributed by atoms with Gasteiger partial charge in [0.15, 0.2) is 5.43 Å². The maximum absolute atomic E-state index is 12.7. The van der Waals surface area contributed by atoms with Gasteiger partial charge in [0, 0.05) is 12.4 Å². The van der Waals surface area contributed by atoms with E-state index in [1.807, 2.05) is 67.1 Å². The minimum atomic E-state index is -0.0122. The summed E-state index contributed by atoms with van der Waals surface area (Å²) < 4.78 is 1.87. The highest BCUT2D eigenvalue weighted by atomic mass is 16.1. The molecule has 1 heterocycles. The number of anilines is 1. The van der Waals surface area contributed by atoms with Gasteiger partial charge >= 0.3 is 0 Å². The quantitative estimate of drug-likeness (QED) is 0.734. The average molecular weight is 264 g/mol. The second-order valence-electron chi connectivity index (χ2n) is 5.04. The van der Waals surface area contributed by atoms with Gasteiger partial charge < -0.3 is 10.3 Å². The molecule has 0 bridgehead atoms.